The predicted molar refractivity (Wildman–Crippen MR) is 74.0 cm³/mol. The molecule has 1 heterocycles. The summed E-state index contributed by atoms with van der Waals surface area (Å²) in [5, 5.41) is 0. The summed E-state index contributed by atoms with van der Waals surface area (Å²) < 4.78 is 7.35. The molecule has 0 unspecified atom stereocenters. The molecule has 1 aromatic rings. The molecule has 0 saturated heterocycles. The zero-order valence-corrected chi connectivity index (χ0v) is 12.4. The molecule has 1 aliphatic carbocycles. The van der Waals surface area contributed by atoms with Crippen molar-refractivity contribution in [1.82, 2.24) is 9.55 Å². The lowest BCUT2D eigenvalue weighted by Gasteiger charge is -2.20. The van der Waals surface area contributed by atoms with Gasteiger partial charge in [-0.25, -0.2) is 4.98 Å². The predicted octanol–water partition coefficient (Wildman–Crippen LogP) is 3.19. The van der Waals surface area contributed by atoms with Crippen LogP contribution in [0.1, 0.15) is 63.9 Å². The van der Waals surface area contributed by atoms with Crippen LogP contribution >= 0.6 is 0 Å². The Morgan fingerprint density at radius 3 is 2.63 bits per heavy atom. The Hall–Kier alpha value is -1.32. The Balaban J connectivity index is 2.09. The third kappa shape index (κ3) is 3.82. The van der Waals surface area contributed by atoms with Crippen LogP contribution in [0, 0.1) is 6.92 Å². The highest BCUT2D eigenvalue weighted by atomic mass is 16.6. The SMILES string of the molecule is Cc1cn(CC(=O)OC(C)(C)C)c(C2CCCC2)n1. The third-order valence-electron chi connectivity index (χ3n) is 3.37. The number of ether oxygens (including phenoxy) is 1. The van der Waals surface area contributed by atoms with Crippen molar-refractivity contribution >= 4 is 5.97 Å². The molecule has 4 heteroatoms. The number of hydrogen-bond donors (Lipinski definition) is 0. The molecule has 0 radical (unpaired) electrons. The van der Waals surface area contributed by atoms with Crippen molar-refractivity contribution in [2.45, 2.75) is 71.4 Å². The molecule has 1 aromatic heterocycles. The van der Waals surface area contributed by atoms with E-state index in [9.17, 15) is 4.79 Å². The van der Waals surface area contributed by atoms with E-state index in [0.29, 0.717) is 5.92 Å². The zero-order valence-electron chi connectivity index (χ0n) is 12.4. The molecular formula is C15H24N2O2. The number of hydrogen-bond acceptors (Lipinski definition) is 3. The highest BCUT2D eigenvalue weighted by molar-refractivity contribution is 5.69. The van der Waals surface area contributed by atoms with E-state index in [1.54, 1.807) is 0 Å². The van der Waals surface area contributed by atoms with Gasteiger partial charge in [0.25, 0.3) is 0 Å². The van der Waals surface area contributed by atoms with Gasteiger partial charge < -0.3 is 9.30 Å². The van der Waals surface area contributed by atoms with Crippen molar-refractivity contribution in [3.8, 4) is 0 Å². The standard InChI is InChI=1S/C15H24N2O2/c1-11-9-17(10-13(18)19-15(2,3)4)14(16-11)12-7-5-6-8-12/h9,12H,5-8,10H2,1-4H3. The van der Waals surface area contributed by atoms with E-state index in [0.717, 1.165) is 11.5 Å². The summed E-state index contributed by atoms with van der Waals surface area (Å²) >= 11 is 0. The van der Waals surface area contributed by atoms with Gasteiger partial charge in [0.1, 0.15) is 18.0 Å². The molecule has 1 aliphatic rings. The van der Waals surface area contributed by atoms with Crippen molar-refractivity contribution in [1.29, 1.82) is 0 Å². The summed E-state index contributed by atoms with van der Waals surface area (Å²) in [6.07, 6.45) is 6.86. The van der Waals surface area contributed by atoms with Crippen LogP contribution in [0.25, 0.3) is 0 Å². The van der Waals surface area contributed by atoms with Crippen LogP contribution in [-0.4, -0.2) is 21.1 Å². The van der Waals surface area contributed by atoms with Gasteiger partial charge in [0.15, 0.2) is 0 Å². The Bertz CT molecular complexity index is 451. The first-order valence-electron chi connectivity index (χ1n) is 7.11. The van der Waals surface area contributed by atoms with Gasteiger partial charge in [-0.1, -0.05) is 12.8 Å². The Morgan fingerprint density at radius 1 is 1.42 bits per heavy atom. The fourth-order valence-electron chi connectivity index (χ4n) is 2.71. The lowest BCUT2D eigenvalue weighted by Crippen LogP contribution is -2.27. The topological polar surface area (TPSA) is 44.1 Å². The first kappa shape index (κ1) is 14.1. The van der Waals surface area contributed by atoms with Crippen LogP contribution in [0.15, 0.2) is 6.20 Å². The molecule has 106 valence electrons. The quantitative estimate of drug-likeness (QED) is 0.787. The largest absolute Gasteiger partial charge is 0.459 e. The van der Waals surface area contributed by atoms with Gasteiger partial charge in [0.2, 0.25) is 0 Å². The molecule has 1 fully saturated rings. The third-order valence-corrected chi connectivity index (χ3v) is 3.37. The number of imidazole rings is 1. The van der Waals surface area contributed by atoms with Gasteiger partial charge in [-0.15, -0.1) is 0 Å². The number of esters is 1. The Morgan fingerprint density at radius 2 is 2.05 bits per heavy atom. The second kappa shape index (κ2) is 5.35. The van der Waals surface area contributed by atoms with Crippen LogP contribution in [0.5, 0.6) is 0 Å². The van der Waals surface area contributed by atoms with Gasteiger partial charge in [0.05, 0.1) is 5.69 Å². The maximum atomic E-state index is 11.9. The van der Waals surface area contributed by atoms with Gasteiger partial charge in [0, 0.05) is 12.1 Å². The van der Waals surface area contributed by atoms with Gasteiger partial charge in [-0.2, -0.15) is 0 Å². The van der Waals surface area contributed by atoms with E-state index in [-0.39, 0.29) is 12.5 Å². The Kier molecular flexibility index (Phi) is 3.97. The monoisotopic (exact) mass is 264 g/mol. The minimum absolute atomic E-state index is 0.191. The fourth-order valence-corrected chi connectivity index (χ4v) is 2.71. The molecule has 2 rings (SSSR count). The average molecular weight is 264 g/mol. The van der Waals surface area contributed by atoms with Crippen molar-refractivity contribution in [3.05, 3.63) is 17.7 Å². The van der Waals surface area contributed by atoms with E-state index < -0.39 is 5.60 Å². The number of carbonyl (C=O) groups excluding carboxylic acids is 1. The summed E-state index contributed by atoms with van der Waals surface area (Å²) in [6.45, 7) is 7.92. The summed E-state index contributed by atoms with van der Waals surface area (Å²) in [5.41, 5.74) is 0.547. The molecule has 4 nitrogen and oxygen atoms in total. The summed E-state index contributed by atoms with van der Waals surface area (Å²) in [7, 11) is 0. The first-order valence-corrected chi connectivity index (χ1v) is 7.11. The minimum atomic E-state index is -0.430. The van der Waals surface area contributed by atoms with Crippen LogP contribution in [0.4, 0.5) is 0 Å². The second-order valence-corrected chi connectivity index (χ2v) is 6.44. The van der Waals surface area contributed by atoms with Crippen LogP contribution in [0.2, 0.25) is 0 Å². The highest BCUT2D eigenvalue weighted by Crippen LogP contribution is 2.33. The van der Waals surface area contributed by atoms with E-state index in [4.69, 9.17) is 4.74 Å². The number of rotatable bonds is 3. The molecule has 19 heavy (non-hydrogen) atoms. The molecule has 0 spiro atoms. The molecule has 1 saturated carbocycles. The van der Waals surface area contributed by atoms with E-state index in [1.807, 2.05) is 38.5 Å². The number of aryl methyl sites for hydroxylation is 1. The lowest BCUT2D eigenvalue weighted by atomic mass is 10.1. The van der Waals surface area contributed by atoms with Crippen molar-refractivity contribution in [2.75, 3.05) is 0 Å². The highest BCUT2D eigenvalue weighted by Gasteiger charge is 2.24. The van der Waals surface area contributed by atoms with Crippen LogP contribution < -0.4 is 0 Å². The average Bonchev–Trinajstić information content (AvgIpc) is 2.83. The summed E-state index contributed by atoms with van der Waals surface area (Å²) in [6, 6.07) is 0. The molecule has 0 aliphatic heterocycles. The maximum absolute atomic E-state index is 11.9. The zero-order chi connectivity index (χ0) is 14.0. The first-order chi connectivity index (χ1) is 8.85. The molecule has 0 aromatic carbocycles. The number of aromatic nitrogens is 2. The molecular weight excluding hydrogens is 240 g/mol. The summed E-state index contributed by atoms with van der Waals surface area (Å²) in [5.74, 6) is 1.38. The van der Waals surface area contributed by atoms with Crippen molar-refractivity contribution in [2.24, 2.45) is 0 Å². The van der Waals surface area contributed by atoms with Gasteiger partial charge in [-0.05, 0) is 40.5 Å². The van der Waals surface area contributed by atoms with Gasteiger partial charge >= 0.3 is 5.97 Å². The molecule has 0 amide bonds. The second-order valence-electron chi connectivity index (χ2n) is 6.44. The lowest BCUT2D eigenvalue weighted by molar-refractivity contribution is -0.155. The number of carbonyl (C=O) groups is 1. The van der Waals surface area contributed by atoms with E-state index >= 15 is 0 Å². The van der Waals surface area contributed by atoms with Crippen LogP contribution in [0.3, 0.4) is 0 Å². The minimum Gasteiger partial charge on any atom is -0.459 e. The smallest absolute Gasteiger partial charge is 0.326 e. The Labute approximate surface area is 115 Å². The molecule has 0 N–H and O–H groups in total. The maximum Gasteiger partial charge on any atom is 0.326 e. The normalized spacial score (nSPS) is 16.8. The number of nitrogens with zero attached hydrogens (tertiary/aromatic N) is 2. The molecule has 0 atom stereocenters. The molecule has 0 bridgehead atoms. The van der Waals surface area contributed by atoms with Gasteiger partial charge in [-0.3, -0.25) is 4.79 Å². The van der Waals surface area contributed by atoms with Crippen LogP contribution in [-0.2, 0) is 16.1 Å². The van der Waals surface area contributed by atoms with Crippen molar-refractivity contribution < 1.29 is 9.53 Å². The fraction of sp³-hybridized carbons (Fsp3) is 0.733. The van der Waals surface area contributed by atoms with E-state index in [2.05, 4.69) is 4.98 Å². The van der Waals surface area contributed by atoms with E-state index in [1.165, 1.54) is 25.7 Å². The van der Waals surface area contributed by atoms with Crippen molar-refractivity contribution in [3.63, 3.8) is 0 Å². The summed E-state index contributed by atoms with van der Waals surface area (Å²) in [4.78, 5) is 16.5.